The molecule has 0 radical (unpaired) electrons. The number of benzene rings is 1. The SMILES string of the molecule is Cc1ccc(C)c(S(=O)(=O)N2CCN(C(=O)CCC(=O)N(C)CC(C)C)CC2)c1. The van der Waals surface area contributed by atoms with Crippen molar-refractivity contribution in [3.63, 3.8) is 0 Å². The molecule has 1 aromatic carbocycles. The molecule has 0 aliphatic carbocycles. The highest BCUT2D eigenvalue weighted by atomic mass is 32.2. The summed E-state index contributed by atoms with van der Waals surface area (Å²) in [6.45, 7) is 9.64. The second-order valence-electron chi connectivity index (χ2n) is 8.22. The van der Waals surface area contributed by atoms with Crippen LogP contribution in [0.25, 0.3) is 0 Å². The molecule has 1 saturated heterocycles. The van der Waals surface area contributed by atoms with Gasteiger partial charge in [-0.3, -0.25) is 9.59 Å². The van der Waals surface area contributed by atoms with Gasteiger partial charge in [-0.2, -0.15) is 4.31 Å². The summed E-state index contributed by atoms with van der Waals surface area (Å²) in [6.07, 6.45) is 0.341. The predicted molar refractivity (Wildman–Crippen MR) is 113 cm³/mol. The fourth-order valence-electron chi connectivity index (χ4n) is 3.51. The number of nitrogens with zero attached hydrogens (tertiary/aromatic N) is 3. The molecule has 2 amide bonds. The maximum atomic E-state index is 13.0. The van der Waals surface area contributed by atoms with Crippen LogP contribution in [0.15, 0.2) is 23.1 Å². The Morgan fingerprint density at radius 1 is 1.07 bits per heavy atom. The molecule has 29 heavy (non-hydrogen) atoms. The summed E-state index contributed by atoms with van der Waals surface area (Å²) in [4.78, 5) is 28.2. The minimum Gasteiger partial charge on any atom is -0.345 e. The van der Waals surface area contributed by atoms with Crippen LogP contribution in [0.4, 0.5) is 0 Å². The van der Waals surface area contributed by atoms with E-state index in [1.807, 2.05) is 32.9 Å². The van der Waals surface area contributed by atoms with E-state index in [0.29, 0.717) is 30.4 Å². The number of aryl methyl sites for hydroxylation is 2. The predicted octanol–water partition coefficient (Wildman–Crippen LogP) is 2.03. The zero-order valence-electron chi connectivity index (χ0n) is 18.1. The zero-order valence-corrected chi connectivity index (χ0v) is 19.0. The average Bonchev–Trinajstić information content (AvgIpc) is 2.67. The second kappa shape index (κ2) is 9.71. The van der Waals surface area contributed by atoms with Crippen molar-refractivity contribution in [1.82, 2.24) is 14.1 Å². The van der Waals surface area contributed by atoms with Crippen molar-refractivity contribution in [3.8, 4) is 0 Å². The number of amides is 2. The number of rotatable bonds is 7. The summed E-state index contributed by atoms with van der Waals surface area (Å²) in [5, 5.41) is 0. The van der Waals surface area contributed by atoms with Crippen LogP contribution in [0.3, 0.4) is 0 Å². The number of carbonyl (C=O) groups excluding carboxylic acids is 2. The van der Waals surface area contributed by atoms with Crippen molar-refractivity contribution < 1.29 is 18.0 Å². The maximum absolute atomic E-state index is 13.0. The summed E-state index contributed by atoms with van der Waals surface area (Å²) < 4.78 is 27.4. The van der Waals surface area contributed by atoms with Gasteiger partial charge in [0.05, 0.1) is 4.90 Å². The Morgan fingerprint density at radius 3 is 2.28 bits per heavy atom. The molecule has 7 nitrogen and oxygen atoms in total. The van der Waals surface area contributed by atoms with E-state index in [1.54, 1.807) is 29.8 Å². The van der Waals surface area contributed by atoms with Crippen LogP contribution in [-0.2, 0) is 19.6 Å². The summed E-state index contributed by atoms with van der Waals surface area (Å²) in [5.41, 5.74) is 1.62. The summed E-state index contributed by atoms with van der Waals surface area (Å²) >= 11 is 0. The van der Waals surface area contributed by atoms with Gasteiger partial charge in [-0.05, 0) is 37.0 Å². The number of hydrogen-bond acceptors (Lipinski definition) is 4. The van der Waals surface area contributed by atoms with E-state index in [1.165, 1.54) is 4.31 Å². The Hall–Kier alpha value is -1.93. The molecule has 0 saturated carbocycles. The first kappa shape index (κ1) is 23.3. The Bertz CT molecular complexity index is 843. The van der Waals surface area contributed by atoms with E-state index < -0.39 is 10.0 Å². The van der Waals surface area contributed by atoms with Crippen LogP contribution >= 0.6 is 0 Å². The normalized spacial score (nSPS) is 15.6. The lowest BCUT2D eigenvalue weighted by Crippen LogP contribution is -2.50. The largest absolute Gasteiger partial charge is 0.345 e. The molecule has 1 aliphatic rings. The lowest BCUT2D eigenvalue weighted by molar-refractivity contribution is -0.137. The minimum atomic E-state index is -3.58. The van der Waals surface area contributed by atoms with Gasteiger partial charge >= 0.3 is 0 Å². The van der Waals surface area contributed by atoms with Crippen molar-refractivity contribution in [2.45, 2.75) is 45.4 Å². The Balaban J connectivity index is 1.90. The van der Waals surface area contributed by atoms with Crippen molar-refractivity contribution in [1.29, 1.82) is 0 Å². The molecule has 1 heterocycles. The summed E-state index contributed by atoms with van der Waals surface area (Å²) in [6, 6.07) is 5.40. The Labute approximate surface area is 174 Å². The quantitative estimate of drug-likeness (QED) is 0.672. The first-order chi connectivity index (χ1) is 13.5. The molecule has 1 aliphatic heterocycles. The molecular formula is C21H33N3O4S. The van der Waals surface area contributed by atoms with E-state index >= 15 is 0 Å². The van der Waals surface area contributed by atoms with E-state index in [0.717, 1.165) is 11.1 Å². The topological polar surface area (TPSA) is 78.0 Å². The van der Waals surface area contributed by atoms with Gasteiger partial charge in [-0.1, -0.05) is 26.0 Å². The van der Waals surface area contributed by atoms with E-state index in [9.17, 15) is 18.0 Å². The van der Waals surface area contributed by atoms with Crippen LogP contribution in [0.5, 0.6) is 0 Å². The van der Waals surface area contributed by atoms with Crippen molar-refractivity contribution in [3.05, 3.63) is 29.3 Å². The van der Waals surface area contributed by atoms with Crippen LogP contribution < -0.4 is 0 Å². The number of hydrogen-bond donors (Lipinski definition) is 0. The van der Waals surface area contributed by atoms with Gasteiger partial charge in [-0.25, -0.2) is 8.42 Å². The van der Waals surface area contributed by atoms with Crippen molar-refractivity contribution in [2.75, 3.05) is 39.8 Å². The molecule has 0 bridgehead atoms. The highest BCUT2D eigenvalue weighted by Crippen LogP contribution is 2.22. The molecule has 162 valence electrons. The number of sulfonamides is 1. The highest BCUT2D eigenvalue weighted by molar-refractivity contribution is 7.89. The van der Waals surface area contributed by atoms with Crippen LogP contribution in [-0.4, -0.2) is 74.1 Å². The molecule has 1 fully saturated rings. The molecule has 0 aromatic heterocycles. The van der Waals surface area contributed by atoms with Gasteiger partial charge in [-0.15, -0.1) is 0 Å². The third-order valence-electron chi connectivity index (χ3n) is 5.17. The first-order valence-electron chi connectivity index (χ1n) is 10.1. The number of piperazine rings is 1. The zero-order chi connectivity index (χ0) is 21.8. The van der Waals surface area contributed by atoms with Crippen LogP contribution in [0.1, 0.15) is 37.8 Å². The average molecular weight is 424 g/mol. The smallest absolute Gasteiger partial charge is 0.243 e. The van der Waals surface area contributed by atoms with Crippen LogP contribution in [0.2, 0.25) is 0 Å². The molecule has 1 aromatic rings. The van der Waals surface area contributed by atoms with E-state index in [4.69, 9.17) is 0 Å². The fourth-order valence-corrected chi connectivity index (χ4v) is 5.25. The van der Waals surface area contributed by atoms with Gasteiger partial charge in [0.1, 0.15) is 0 Å². The standard InChI is InChI=1S/C21H33N3O4S/c1-16(2)15-22(5)20(25)8-9-21(26)23-10-12-24(13-11-23)29(27,28)19-14-17(3)6-7-18(19)4/h6-7,14,16H,8-13,15H2,1-5H3. The first-order valence-corrected chi connectivity index (χ1v) is 11.6. The van der Waals surface area contributed by atoms with Gasteiger partial charge in [0.15, 0.2) is 0 Å². The fraction of sp³-hybridized carbons (Fsp3) is 0.619. The summed E-state index contributed by atoms with van der Waals surface area (Å²) in [7, 11) is -1.82. The third kappa shape index (κ3) is 6.02. The summed E-state index contributed by atoms with van der Waals surface area (Å²) in [5.74, 6) is 0.245. The van der Waals surface area contributed by atoms with E-state index in [2.05, 4.69) is 0 Å². The molecule has 0 atom stereocenters. The van der Waals surface area contributed by atoms with Crippen molar-refractivity contribution in [2.24, 2.45) is 5.92 Å². The third-order valence-corrected chi connectivity index (χ3v) is 7.21. The lowest BCUT2D eigenvalue weighted by atomic mass is 10.2. The highest BCUT2D eigenvalue weighted by Gasteiger charge is 2.31. The molecule has 0 unspecified atom stereocenters. The lowest BCUT2D eigenvalue weighted by Gasteiger charge is -2.34. The molecule has 0 spiro atoms. The molecular weight excluding hydrogens is 390 g/mol. The monoisotopic (exact) mass is 423 g/mol. The Morgan fingerprint density at radius 2 is 1.69 bits per heavy atom. The van der Waals surface area contributed by atoms with Crippen molar-refractivity contribution >= 4 is 21.8 Å². The Kier molecular flexibility index (Phi) is 7.82. The van der Waals surface area contributed by atoms with Gasteiger partial charge < -0.3 is 9.80 Å². The molecule has 8 heteroatoms. The van der Waals surface area contributed by atoms with Gasteiger partial charge in [0, 0.05) is 52.6 Å². The maximum Gasteiger partial charge on any atom is 0.243 e. The molecule has 0 N–H and O–H groups in total. The minimum absolute atomic E-state index is 0.0387. The van der Waals surface area contributed by atoms with E-state index in [-0.39, 0.29) is 37.7 Å². The van der Waals surface area contributed by atoms with Gasteiger partial charge in [0.25, 0.3) is 0 Å². The number of carbonyl (C=O) groups is 2. The second-order valence-corrected chi connectivity index (χ2v) is 10.1. The van der Waals surface area contributed by atoms with Crippen LogP contribution in [0, 0.1) is 19.8 Å². The van der Waals surface area contributed by atoms with Gasteiger partial charge in [0.2, 0.25) is 21.8 Å². The molecule has 2 rings (SSSR count).